The van der Waals surface area contributed by atoms with Gasteiger partial charge in [-0.2, -0.15) is 0 Å². The first-order valence-corrected chi connectivity index (χ1v) is 17.0. The molecule has 244 valence electrons. The van der Waals surface area contributed by atoms with Crippen molar-refractivity contribution in [1.82, 2.24) is 10.6 Å². The molecule has 0 saturated carbocycles. The molecule has 0 heterocycles. The van der Waals surface area contributed by atoms with Crippen LogP contribution in [0.5, 0.6) is 0 Å². The predicted octanol–water partition coefficient (Wildman–Crippen LogP) is 5.28. The molecular weight excluding hydrogens is 588 g/mol. The van der Waals surface area contributed by atoms with E-state index in [2.05, 4.69) is 10.6 Å². The second-order valence-corrected chi connectivity index (χ2v) is 16.3. The van der Waals surface area contributed by atoms with Gasteiger partial charge in [0.1, 0.15) is 5.60 Å². The molecule has 9 heteroatoms. The summed E-state index contributed by atoms with van der Waals surface area (Å²) in [5.41, 5.74) is 1.81. The number of carbonyl (C=O) groups excluding carboxylic acids is 2. The normalized spacial score (nSPS) is 14.9. The fourth-order valence-corrected chi connectivity index (χ4v) is 6.23. The Labute approximate surface area is 268 Å². The van der Waals surface area contributed by atoms with Crippen LogP contribution in [0.2, 0.25) is 0 Å². The van der Waals surface area contributed by atoms with Crippen molar-refractivity contribution >= 4 is 21.8 Å². The lowest BCUT2D eigenvalue weighted by Crippen LogP contribution is -2.57. The van der Waals surface area contributed by atoms with Crippen molar-refractivity contribution in [2.75, 3.05) is 5.75 Å². The van der Waals surface area contributed by atoms with E-state index in [-0.39, 0.29) is 25.0 Å². The minimum atomic E-state index is -3.66. The number of ether oxygens (including phenoxy) is 1. The van der Waals surface area contributed by atoms with E-state index in [0.29, 0.717) is 0 Å². The van der Waals surface area contributed by atoms with Crippen molar-refractivity contribution in [1.29, 1.82) is 0 Å². The highest BCUT2D eigenvalue weighted by Crippen LogP contribution is 2.22. The number of alkyl carbamates (subject to hydrolysis) is 1. The van der Waals surface area contributed by atoms with Crippen LogP contribution in [0.25, 0.3) is 0 Å². The van der Waals surface area contributed by atoms with Gasteiger partial charge in [0.25, 0.3) is 0 Å². The van der Waals surface area contributed by atoms with Gasteiger partial charge in [-0.15, -0.1) is 0 Å². The molecule has 2 amide bonds. The molecule has 0 saturated heterocycles. The number of aliphatic hydroxyl groups excluding tert-OH is 1. The van der Waals surface area contributed by atoms with Crippen molar-refractivity contribution in [2.24, 2.45) is 5.92 Å². The fourth-order valence-electron chi connectivity index (χ4n) is 4.93. The molecule has 3 rings (SSSR count). The predicted molar refractivity (Wildman–Crippen MR) is 179 cm³/mol. The van der Waals surface area contributed by atoms with E-state index >= 15 is 0 Å². The van der Waals surface area contributed by atoms with Crippen LogP contribution < -0.4 is 10.6 Å². The summed E-state index contributed by atoms with van der Waals surface area (Å²) in [7, 11) is -3.66. The monoisotopic (exact) mass is 636 g/mol. The minimum Gasteiger partial charge on any atom is -0.444 e. The van der Waals surface area contributed by atoms with Crippen molar-refractivity contribution in [3.05, 3.63) is 108 Å². The lowest BCUT2D eigenvalue weighted by atomic mass is 9.91. The summed E-state index contributed by atoms with van der Waals surface area (Å²) in [6.07, 6.45) is -1.21. The van der Waals surface area contributed by atoms with Crippen molar-refractivity contribution in [2.45, 2.75) is 89.3 Å². The van der Waals surface area contributed by atoms with E-state index < -0.39 is 56.3 Å². The van der Waals surface area contributed by atoms with Gasteiger partial charge in [-0.05, 0) is 77.5 Å². The van der Waals surface area contributed by atoms with Gasteiger partial charge in [-0.25, -0.2) is 13.2 Å². The van der Waals surface area contributed by atoms with Gasteiger partial charge < -0.3 is 20.5 Å². The number of hydrogen-bond donors (Lipinski definition) is 3. The highest BCUT2D eigenvalue weighted by Gasteiger charge is 2.37. The zero-order valence-electron chi connectivity index (χ0n) is 27.2. The van der Waals surface area contributed by atoms with E-state index in [4.69, 9.17) is 4.74 Å². The van der Waals surface area contributed by atoms with E-state index in [0.717, 1.165) is 16.7 Å². The van der Waals surface area contributed by atoms with E-state index in [1.165, 1.54) is 0 Å². The molecular formula is C36H48N2O6S. The van der Waals surface area contributed by atoms with Crippen molar-refractivity contribution in [3.63, 3.8) is 0 Å². The topological polar surface area (TPSA) is 122 Å². The first-order chi connectivity index (χ1) is 21.0. The van der Waals surface area contributed by atoms with Crippen LogP contribution >= 0.6 is 0 Å². The summed E-state index contributed by atoms with van der Waals surface area (Å²) in [5, 5.41) is 17.7. The van der Waals surface area contributed by atoms with Gasteiger partial charge in [-0.1, -0.05) is 91.0 Å². The van der Waals surface area contributed by atoms with Crippen LogP contribution in [0, 0.1) is 5.92 Å². The Morgan fingerprint density at radius 3 is 1.49 bits per heavy atom. The maximum absolute atomic E-state index is 14.0. The molecule has 8 nitrogen and oxygen atoms in total. The Hall–Kier alpha value is -3.69. The van der Waals surface area contributed by atoms with Crippen LogP contribution in [0.4, 0.5) is 4.79 Å². The highest BCUT2D eigenvalue weighted by molar-refractivity contribution is 7.92. The molecule has 0 aromatic heterocycles. The third kappa shape index (κ3) is 11.6. The number of aliphatic hydroxyl groups is 1. The molecule has 45 heavy (non-hydrogen) atoms. The maximum Gasteiger partial charge on any atom is 0.407 e. The van der Waals surface area contributed by atoms with Gasteiger partial charge >= 0.3 is 6.09 Å². The number of benzene rings is 3. The summed E-state index contributed by atoms with van der Waals surface area (Å²) >= 11 is 0. The lowest BCUT2D eigenvalue weighted by Gasteiger charge is -2.33. The quantitative estimate of drug-likeness (QED) is 0.235. The molecule has 0 aliphatic heterocycles. The summed E-state index contributed by atoms with van der Waals surface area (Å²) in [4.78, 5) is 27.0. The van der Waals surface area contributed by atoms with Crippen LogP contribution in [0.1, 0.15) is 58.2 Å². The fraction of sp³-hybridized carbons (Fsp3) is 0.444. The molecule has 0 radical (unpaired) electrons. The Morgan fingerprint density at radius 1 is 0.689 bits per heavy atom. The van der Waals surface area contributed by atoms with Gasteiger partial charge in [0.2, 0.25) is 5.91 Å². The smallest absolute Gasteiger partial charge is 0.407 e. The maximum atomic E-state index is 14.0. The Kier molecular flexibility index (Phi) is 12.4. The third-order valence-corrected chi connectivity index (χ3v) is 10.2. The van der Waals surface area contributed by atoms with E-state index in [9.17, 15) is 23.1 Å². The number of amides is 2. The van der Waals surface area contributed by atoms with Crippen LogP contribution in [0.15, 0.2) is 91.0 Å². The Bertz CT molecular complexity index is 1470. The molecule has 4 unspecified atom stereocenters. The van der Waals surface area contributed by atoms with E-state index in [1.54, 1.807) is 41.5 Å². The molecule has 3 aromatic rings. The number of nitrogens with one attached hydrogen (secondary N) is 2. The third-order valence-electron chi connectivity index (χ3n) is 7.50. The summed E-state index contributed by atoms with van der Waals surface area (Å²) in [5.74, 6) is -1.74. The molecule has 3 aromatic carbocycles. The number of rotatable bonds is 13. The van der Waals surface area contributed by atoms with Gasteiger partial charge in [0.05, 0.1) is 34.6 Å². The summed E-state index contributed by atoms with van der Waals surface area (Å²) in [6.45, 7) is 10.1. The molecule has 0 aliphatic carbocycles. The van der Waals surface area contributed by atoms with Gasteiger partial charge in [0.15, 0.2) is 9.84 Å². The molecule has 4 atom stereocenters. The SMILES string of the molecule is CC(C)(C)OC(=O)NC(Cc1ccccc1)C(O)C(Cc1ccccc1)NC(=O)C(Cc1ccccc1)CS(=O)(=O)C(C)(C)C. The number of sulfone groups is 1. The average molecular weight is 637 g/mol. The van der Waals surface area contributed by atoms with E-state index in [1.807, 2.05) is 91.0 Å². The second kappa shape index (κ2) is 15.5. The Balaban J connectivity index is 1.97. The molecule has 0 fully saturated rings. The Morgan fingerprint density at radius 2 is 1.09 bits per heavy atom. The first-order valence-electron chi connectivity index (χ1n) is 15.4. The van der Waals surface area contributed by atoms with Gasteiger partial charge in [-0.3, -0.25) is 4.79 Å². The largest absolute Gasteiger partial charge is 0.444 e. The minimum absolute atomic E-state index is 0.208. The molecule has 0 aliphatic rings. The molecule has 0 bridgehead atoms. The summed E-state index contributed by atoms with van der Waals surface area (Å²) in [6, 6.07) is 26.4. The molecule has 0 spiro atoms. The van der Waals surface area contributed by atoms with Crippen molar-refractivity contribution < 1.29 is 27.9 Å². The zero-order chi connectivity index (χ0) is 33.3. The lowest BCUT2D eigenvalue weighted by molar-refractivity contribution is -0.126. The highest BCUT2D eigenvalue weighted by atomic mass is 32.2. The van der Waals surface area contributed by atoms with Crippen molar-refractivity contribution in [3.8, 4) is 0 Å². The number of carbonyl (C=O) groups is 2. The first kappa shape index (κ1) is 35.8. The van der Waals surface area contributed by atoms with Crippen LogP contribution in [-0.4, -0.2) is 59.8 Å². The molecule has 3 N–H and O–H groups in total. The summed E-state index contributed by atoms with van der Waals surface area (Å²) < 4.78 is 31.1. The van der Waals surface area contributed by atoms with Gasteiger partial charge in [0, 0.05) is 0 Å². The average Bonchev–Trinajstić information content (AvgIpc) is 2.95. The van der Waals surface area contributed by atoms with Crippen LogP contribution in [-0.2, 0) is 38.6 Å². The standard InChI is InChI=1S/C36H48N2O6S/c1-35(2,3)44-34(41)38-31(24-28-20-14-9-15-21-28)32(39)30(23-27-18-12-8-13-19-27)37-33(40)29(22-26-16-10-7-11-17-26)25-45(42,43)36(4,5)6/h7-21,29-32,39H,22-25H2,1-6H3,(H,37,40)(H,38,41). The van der Waals surface area contributed by atoms with Crippen LogP contribution in [0.3, 0.4) is 0 Å². The zero-order valence-corrected chi connectivity index (χ0v) is 28.0. The second-order valence-electron chi connectivity index (χ2n) is 13.5. The number of hydrogen-bond acceptors (Lipinski definition) is 6.